The molecule has 0 saturated heterocycles. The molecular formula is C8H11N7O2S. The van der Waals surface area contributed by atoms with E-state index in [2.05, 4.69) is 20.0 Å². The summed E-state index contributed by atoms with van der Waals surface area (Å²) in [6, 6.07) is 1.31. The van der Waals surface area contributed by atoms with Crippen molar-refractivity contribution in [2.75, 3.05) is 4.72 Å². The van der Waals surface area contributed by atoms with Gasteiger partial charge >= 0.3 is 0 Å². The van der Waals surface area contributed by atoms with Crippen molar-refractivity contribution >= 4 is 21.7 Å². The summed E-state index contributed by atoms with van der Waals surface area (Å²) < 4.78 is 27.5. The number of nitrogens with one attached hydrogen (secondary N) is 3. The number of rotatable bonds is 4. The molecule has 0 fully saturated rings. The van der Waals surface area contributed by atoms with E-state index in [-0.39, 0.29) is 22.2 Å². The summed E-state index contributed by atoms with van der Waals surface area (Å²) in [6.45, 7) is 0. The van der Waals surface area contributed by atoms with Gasteiger partial charge in [0.25, 0.3) is 10.0 Å². The summed E-state index contributed by atoms with van der Waals surface area (Å²) in [7, 11) is -2.26. The van der Waals surface area contributed by atoms with Crippen molar-refractivity contribution in [2.45, 2.75) is 5.03 Å². The molecule has 5 N–H and O–H groups in total. The highest BCUT2D eigenvalue weighted by Crippen LogP contribution is 2.17. The zero-order chi connectivity index (χ0) is 13.3. The molecule has 0 unspecified atom stereocenters. The van der Waals surface area contributed by atoms with Gasteiger partial charge in [-0.05, 0) is 6.07 Å². The van der Waals surface area contributed by atoms with Crippen molar-refractivity contribution in [2.24, 2.45) is 12.8 Å². The molecule has 0 aliphatic rings. The third-order valence-electron chi connectivity index (χ3n) is 2.22. The molecular weight excluding hydrogens is 258 g/mol. The summed E-state index contributed by atoms with van der Waals surface area (Å²) in [5.41, 5.74) is 5.55. The van der Waals surface area contributed by atoms with Gasteiger partial charge < -0.3 is 5.73 Å². The smallest absolute Gasteiger partial charge is 0.279 e. The molecule has 2 rings (SSSR count). The maximum absolute atomic E-state index is 12.0. The zero-order valence-corrected chi connectivity index (χ0v) is 10.2. The summed E-state index contributed by atoms with van der Waals surface area (Å²) >= 11 is 0. The first-order valence-corrected chi connectivity index (χ1v) is 6.28. The quantitative estimate of drug-likeness (QED) is 0.425. The van der Waals surface area contributed by atoms with Crippen molar-refractivity contribution in [1.82, 2.24) is 20.0 Å². The molecule has 0 saturated carbocycles. The Morgan fingerprint density at radius 3 is 2.89 bits per heavy atom. The molecule has 2 heterocycles. The molecule has 18 heavy (non-hydrogen) atoms. The first-order chi connectivity index (χ1) is 8.42. The summed E-state index contributed by atoms with van der Waals surface area (Å²) in [4.78, 5) is 0. The SMILES string of the molecule is Cn1ncc(C(=N)N)c1NS(=O)(=O)c1ccn[nH]1. The average molecular weight is 269 g/mol. The molecule has 0 radical (unpaired) electrons. The molecule has 0 bridgehead atoms. The van der Waals surface area contributed by atoms with Crippen molar-refractivity contribution in [3.8, 4) is 0 Å². The Bertz CT molecular complexity index is 670. The predicted molar refractivity (Wildman–Crippen MR) is 63.6 cm³/mol. The lowest BCUT2D eigenvalue weighted by molar-refractivity contribution is 0.596. The number of aryl methyl sites for hydroxylation is 1. The molecule has 2 aromatic rings. The molecule has 0 atom stereocenters. The van der Waals surface area contributed by atoms with E-state index < -0.39 is 10.0 Å². The largest absolute Gasteiger partial charge is 0.384 e. The molecule has 10 heteroatoms. The van der Waals surface area contributed by atoms with Crippen LogP contribution in [0.15, 0.2) is 23.5 Å². The minimum Gasteiger partial charge on any atom is -0.384 e. The number of aromatic amines is 1. The third-order valence-corrected chi connectivity index (χ3v) is 3.49. The normalized spacial score (nSPS) is 11.4. The van der Waals surface area contributed by atoms with Crippen LogP contribution in [0.25, 0.3) is 0 Å². The van der Waals surface area contributed by atoms with E-state index in [4.69, 9.17) is 11.1 Å². The number of sulfonamides is 1. The first-order valence-electron chi connectivity index (χ1n) is 4.80. The number of H-pyrrole nitrogens is 1. The van der Waals surface area contributed by atoms with Gasteiger partial charge in [0.15, 0.2) is 5.03 Å². The second-order valence-corrected chi connectivity index (χ2v) is 5.12. The Labute approximate surface area is 103 Å². The van der Waals surface area contributed by atoms with Crippen molar-refractivity contribution in [1.29, 1.82) is 5.41 Å². The topological polar surface area (TPSA) is 143 Å². The van der Waals surface area contributed by atoms with Crippen LogP contribution in [0.5, 0.6) is 0 Å². The maximum atomic E-state index is 12.0. The zero-order valence-electron chi connectivity index (χ0n) is 9.38. The molecule has 96 valence electrons. The number of hydrogen-bond donors (Lipinski definition) is 4. The van der Waals surface area contributed by atoms with E-state index >= 15 is 0 Å². The number of aromatic nitrogens is 4. The van der Waals surface area contributed by atoms with Crippen molar-refractivity contribution in [3.05, 3.63) is 24.0 Å². The van der Waals surface area contributed by atoms with Gasteiger partial charge in [-0.15, -0.1) is 0 Å². The maximum Gasteiger partial charge on any atom is 0.279 e. The van der Waals surface area contributed by atoms with E-state index in [0.717, 1.165) is 0 Å². The van der Waals surface area contributed by atoms with Gasteiger partial charge in [0.05, 0.1) is 18.0 Å². The molecule has 0 aliphatic carbocycles. The molecule has 0 aromatic carbocycles. The van der Waals surface area contributed by atoms with Gasteiger partial charge in [-0.3, -0.25) is 19.9 Å². The van der Waals surface area contributed by atoms with Gasteiger partial charge in [-0.1, -0.05) is 0 Å². The Morgan fingerprint density at radius 1 is 1.61 bits per heavy atom. The average Bonchev–Trinajstić information content (AvgIpc) is 2.89. The number of hydrogen-bond acceptors (Lipinski definition) is 5. The Kier molecular flexibility index (Phi) is 2.79. The summed E-state index contributed by atoms with van der Waals surface area (Å²) in [6.07, 6.45) is 2.64. The lowest BCUT2D eigenvalue weighted by atomic mass is 10.3. The molecule has 0 aliphatic heterocycles. The Balaban J connectivity index is 2.41. The minimum absolute atomic E-state index is 0.0850. The lowest BCUT2D eigenvalue weighted by Gasteiger charge is -2.08. The van der Waals surface area contributed by atoms with Gasteiger partial charge in [0.2, 0.25) is 0 Å². The van der Waals surface area contributed by atoms with E-state index in [1.165, 1.54) is 30.2 Å². The number of amidine groups is 1. The van der Waals surface area contributed by atoms with Crippen LogP contribution in [0.1, 0.15) is 5.56 Å². The van der Waals surface area contributed by atoms with E-state index in [0.29, 0.717) is 0 Å². The second-order valence-electron chi connectivity index (χ2n) is 3.47. The van der Waals surface area contributed by atoms with Gasteiger partial charge in [-0.2, -0.15) is 18.6 Å². The van der Waals surface area contributed by atoms with Crippen LogP contribution in [0.3, 0.4) is 0 Å². The van der Waals surface area contributed by atoms with E-state index in [1.807, 2.05) is 0 Å². The van der Waals surface area contributed by atoms with Gasteiger partial charge in [0.1, 0.15) is 11.7 Å². The molecule has 0 amide bonds. The number of nitrogens with zero attached hydrogens (tertiary/aromatic N) is 3. The van der Waals surface area contributed by atoms with Gasteiger partial charge in [-0.25, -0.2) is 0 Å². The number of nitrogens with two attached hydrogens (primary N) is 1. The Hall–Kier alpha value is -2.36. The Morgan fingerprint density at radius 2 is 2.33 bits per heavy atom. The number of anilines is 1. The fourth-order valence-electron chi connectivity index (χ4n) is 1.33. The van der Waals surface area contributed by atoms with Crippen LogP contribution < -0.4 is 10.5 Å². The monoisotopic (exact) mass is 269 g/mol. The minimum atomic E-state index is -3.80. The highest BCUT2D eigenvalue weighted by molar-refractivity contribution is 7.92. The molecule has 0 spiro atoms. The number of nitrogen functional groups attached to an aromatic ring is 1. The lowest BCUT2D eigenvalue weighted by Crippen LogP contribution is -2.20. The second kappa shape index (κ2) is 4.14. The standard InChI is InChI=1S/C8H11N7O2S/c1-15-8(5(4-12-15)7(9)10)14-18(16,17)6-2-3-11-13-6/h2-4,14H,1H3,(H3,9,10)(H,11,13). The predicted octanol–water partition coefficient (Wildman–Crippen LogP) is -0.772. The van der Waals surface area contributed by atoms with E-state index in [9.17, 15) is 8.42 Å². The molecule has 9 nitrogen and oxygen atoms in total. The van der Waals surface area contributed by atoms with Crippen LogP contribution in [-0.2, 0) is 17.1 Å². The summed E-state index contributed by atoms with van der Waals surface area (Å²) in [5, 5.41) is 17.0. The molecule has 2 aromatic heterocycles. The van der Waals surface area contributed by atoms with E-state index in [1.54, 1.807) is 0 Å². The van der Waals surface area contributed by atoms with Crippen molar-refractivity contribution < 1.29 is 8.42 Å². The summed E-state index contributed by atoms with van der Waals surface area (Å²) in [5.74, 6) is -0.150. The van der Waals surface area contributed by atoms with Crippen LogP contribution in [0, 0.1) is 5.41 Å². The van der Waals surface area contributed by atoms with Crippen LogP contribution >= 0.6 is 0 Å². The van der Waals surface area contributed by atoms with Crippen LogP contribution in [0.4, 0.5) is 5.82 Å². The van der Waals surface area contributed by atoms with Gasteiger partial charge in [0, 0.05) is 7.05 Å². The van der Waals surface area contributed by atoms with Crippen LogP contribution in [0.2, 0.25) is 0 Å². The van der Waals surface area contributed by atoms with Crippen molar-refractivity contribution in [3.63, 3.8) is 0 Å². The highest BCUT2D eigenvalue weighted by atomic mass is 32.2. The highest BCUT2D eigenvalue weighted by Gasteiger charge is 2.20. The van der Waals surface area contributed by atoms with Crippen LogP contribution in [-0.4, -0.2) is 34.2 Å². The third kappa shape index (κ3) is 2.05. The fourth-order valence-corrected chi connectivity index (χ4v) is 2.35. The first kappa shape index (κ1) is 12.1. The fraction of sp³-hybridized carbons (Fsp3) is 0.125.